The highest BCUT2D eigenvalue weighted by atomic mass is 35.5. The molecule has 2 aromatic rings. The fourth-order valence-electron chi connectivity index (χ4n) is 2.03. The number of hydrogen-bond acceptors (Lipinski definition) is 4. The predicted molar refractivity (Wildman–Crippen MR) is 86.2 cm³/mol. The van der Waals surface area contributed by atoms with E-state index < -0.39 is 0 Å². The summed E-state index contributed by atoms with van der Waals surface area (Å²) in [4.78, 5) is 16.0. The van der Waals surface area contributed by atoms with Gasteiger partial charge >= 0.3 is 0 Å². The third-order valence-corrected chi connectivity index (χ3v) is 3.48. The smallest absolute Gasteiger partial charge is 0.238 e. The molecule has 0 atom stereocenters. The molecule has 1 aromatic heterocycles. The van der Waals surface area contributed by atoms with Crippen molar-refractivity contribution in [1.82, 2.24) is 14.9 Å². The molecule has 1 heterocycles. The molecular weight excluding hydrogens is 304 g/mol. The Morgan fingerprint density at radius 2 is 2.27 bits per heavy atom. The second-order valence-electron chi connectivity index (χ2n) is 4.67. The Kier molecular flexibility index (Phi) is 5.80. The van der Waals surface area contributed by atoms with Gasteiger partial charge in [-0.25, -0.2) is 4.98 Å². The first-order valence-corrected chi connectivity index (χ1v) is 7.35. The molecule has 0 bridgehead atoms. The van der Waals surface area contributed by atoms with Crippen LogP contribution >= 0.6 is 11.6 Å². The number of rotatable bonds is 7. The third kappa shape index (κ3) is 4.22. The Morgan fingerprint density at radius 1 is 1.45 bits per heavy atom. The van der Waals surface area contributed by atoms with Gasteiger partial charge in [-0.2, -0.15) is 0 Å². The minimum Gasteiger partial charge on any atom is -0.495 e. The average molecular weight is 323 g/mol. The minimum atomic E-state index is -0.132. The standard InChI is InChI=1S/C15H19ClN4O2/c1-3-20-10-18-8-12(20)7-17-9-15(21)19-11-4-5-13(16)14(6-11)22-2/h4-6,8,10,17H,3,7,9H2,1-2H3,(H,19,21). The zero-order chi connectivity index (χ0) is 15.9. The van der Waals surface area contributed by atoms with Crippen LogP contribution in [0.5, 0.6) is 5.75 Å². The third-order valence-electron chi connectivity index (χ3n) is 3.17. The number of benzene rings is 1. The van der Waals surface area contributed by atoms with Crippen LogP contribution in [0.15, 0.2) is 30.7 Å². The van der Waals surface area contributed by atoms with Gasteiger partial charge < -0.3 is 19.9 Å². The van der Waals surface area contributed by atoms with Crippen LogP contribution in [0.25, 0.3) is 0 Å². The molecule has 0 unspecified atom stereocenters. The number of aryl methyl sites for hydroxylation is 1. The van der Waals surface area contributed by atoms with E-state index in [1.165, 1.54) is 7.11 Å². The molecule has 6 nitrogen and oxygen atoms in total. The van der Waals surface area contributed by atoms with Crippen LogP contribution in [0.4, 0.5) is 5.69 Å². The van der Waals surface area contributed by atoms with Crippen LogP contribution in [0.3, 0.4) is 0 Å². The number of imidazole rings is 1. The second kappa shape index (κ2) is 7.82. The molecule has 0 aliphatic heterocycles. The van der Waals surface area contributed by atoms with Crippen LogP contribution in [-0.4, -0.2) is 29.1 Å². The summed E-state index contributed by atoms with van der Waals surface area (Å²) < 4.78 is 7.14. The Labute approximate surface area is 134 Å². The fraction of sp³-hybridized carbons (Fsp3) is 0.333. The van der Waals surface area contributed by atoms with Gasteiger partial charge in [-0.1, -0.05) is 11.6 Å². The SMILES string of the molecule is CCn1cncc1CNCC(=O)Nc1ccc(Cl)c(OC)c1. The van der Waals surface area contributed by atoms with Crippen molar-refractivity contribution in [2.45, 2.75) is 20.0 Å². The quantitative estimate of drug-likeness (QED) is 0.820. The summed E-state index contributed by atoms with van der Waals surface area (Å²) in [7, 11) is 1.53. The van der Waals surface area contributed by atoms with Crippen molar-refractivity contribution in [1.29, 1.82) is 0 Å². The largest absolute Gasteiger partial charge is 0.495 e. The van der Waals surface area contributed by atoms with E-state index in [4.69, 9.17) is 16.3 Å². The summed E-state index contributed by atoms with van der Waals surface area (Å²) >= 11 is 5.94. The highest BCUT2D eigenvalue weighted by Gasteiger charge is 2.06. The molecule has 0 aliphatic carbocycles. The number of carbonyl (C=O) groups is 1. The lowest BCUT2D eigenvalue weighted by molar-refractivity contribution is -0.115. The second-order valence-corrected chi connectivity index (χ2v) is 5.08. The van der Waals surface area contributed by atoms with Gasteiger partial charge in [0, 0.05) is 31.0 Å². The Hall–Kier alpha value is -2.05. The van der Waals surface area contributed by atoms with Crippen molar-refractivity contribution in [2.24, 2.45) is 0 Å². The molecule has 0 fully saturated rings. The average Bonchev–Trinajstić information content (AvgIpc) is 2.96. The van der Waals surface area contributed by atoms with E-state index in [1.807, 2.05) is 11.5 Å². The van der Waals surface area contributed by atoms with Crippen molar-refractivity contribution >= 4 is 23.2 Å². The lowest BCUT2D eigenvalue weighted by atomic mass is 10.3. The predicted octanol–water partition coefficient (Wildman–Crippen LogP) is 2.29. The monoisotopic (exact) mass is 322 g/mol. The summed E-state index contributed by atoms with van der Waals surface area (Å²) in [5.74, 6) is 0.395. The van der Waals surface area contributed by atoms with Crippen molar-refractivity contribution in [3.63, 3.8) is 0 Å². The van der Waals surface area contributed by atoms with Crippen molar-refractivity contribution in [2.75, 3.05) is 19.0 Å². The Morgan fingerprint density at radius 3 is 3.00 bits per heavy atom. The maximum Gasteiger partial charge on any atom is 0.238 e. The van der Waals surface area contributed by atoms with Crippen LogP contribution in [-0.2, 0) is 17.9 Å². The molecule has 0 spiro atoms. The summed E-state index contributed by atoms with van der Waals surface area (Å²) in [6.45, 7) is 3.70. The molecule has 2 rings (SSSR count). The Bertz CT molecular complexity index is 642. The van der Waals surface area contributed by atoms with E-state index in [0.717, 1.165) is 12.2 Å². The van der Waals surface area contributed by atoms with Crippen LogP contribution in [0, 0.1) is 0 Å². The number of anilines is 1. The highest BCUT2D eigenvalue weighted by molar-refractivity contribution is 6.32. The van der Waals surface area contributed by atoms with E-state index in [-0.39, 0.29) is 12.5 Å². The van der Waals surface area contributed by atoms with Gasteiger partial charge in [0.2, 0.25) is 5.91 Å². The van der Waals surface area contributed by atoms with Crippen LogP contribution in [0.2, 0.25) is 5.02 Å². The molecular formula is C15H19ClN4O2. The maximum atomic E-state index is 11.9. The number of nitrogens with zero attached hydrogens (tertiary/aromatic N) is 2. The number of halogens is 1. The van der Waals surface area contributed by atoms with Crippen molar-refractivity contribution < 1.29 is 9.53 Å². The molecule has 22 heavy (non-hydrogen) atoms. The summed E-state index contributed by atoms with van der Waals surface area (Å²) in [5.41, 5.74) is 1.69. The Balaban J connectivity index is 1.83. The molecule has 0 aliphatic rings. The van der Waals surface area contributed by atoms with Gasteiger partial charge in [0.05, 0.1) is 30.7 Å². The summed E-state index contributed by atoms with van der Waals surface area (Å²) in [6.07, 6.45) is 3.57. The van der Waals surface area contributed by atoms with E-state index in [0.29, 0.717) is 23.0 Å². The van der Waals surface area contributed by atoms with Gasteiger partial charge in [-0.15, -0.1) is 0 Å². The van der Waals surface area contributed by atoms with E-state index >= 15 is 0 Å². The van der Waals surface area contributed by atoms with Gasteiger partial charge in [-0.3, -0.25) is 4.79 Å². The van der Waals surface area contributed by atoms with Gasteiger partial charge in [-0.05, 0) is 19.1 Å². The van der Waals surface area contributed by atoms with Gasteiger partial charge in [0.25, 0.3) is 0 Å². The zero-order valence-electron chi connectivity index (χ0n) is 12.6. The number of aromatic nitrogens is 2. The first kappa shape index (κ1) is 16.3. The molecule has 0 saturated carbocycles. The molecule has 2 N–H and O–H groups in total. The lowest BCUT2D eigenvalue weighted by Crippen LogP contribution is -2.28. The maximum absolute atomic E-state index is 11.9. The van der Waals surface area contributed by atoms with Crippen molar-refractivity contribution in [3.8, 4) is 5.75 Å². The molecule has 118 valence electrons. The molecule has 0 radical (unpaired) electrons. The summed E-state index contributed by atoms with van der Waals surface area (Å²) in [6, 6.07) is 5.10. The fourth-order valence-corrected chi connectivity index (χ4v) is 2.22. The number of ether oxygens (including phenoxy) is 1. The van der Waals surface area contributed by atoms with Crippen LogP contribution < -0.4 is 15.4 Å². The topological polar surface area (TPSA) is 68.2 Å². The number of amides is 1. The summed E-state index contributed by atoms with van der Waals surface area (Å²) in [5, 5.41) is 6.39. The highest BCUT2D eigenvalue weighted by Crippen LogP contribution is 2.27. The van der Waals surface area contributed by atoms with E-state index in [9.17, 15) is 4.79 Å². The number of hydrogen-bond donors (Lipinski definition) is 2. The molecule has 1 amide bonds. The zero-order valence-corrected chi connectivity index (χ0v) is 13.4. The first-order chi connectivity index (χ1) is 10.6. The molecule has 1 aromatic carbocycles. The number of methoxy groups -OCH3 is 1. The number of carbonyl (C=O) groups excluding carboxylic acids is 1. The van der Waals surface area contributed by atoms with E-state index in [2.05, 4.69) is 15.6 Å². The van der Waals surface area contributed by atoms with Crippen molar-refractivity contribution in [3.05, 3.63) is 41.4 Å². The van der Waals surface area contributed by atoms with Gasteiger partial charge in [0.15, 0.2) is 0 Å². The van der Waals surface area contributed by atoms with E-state index in [1.54, 1.807) is 30.7 Å². The normalized spacial score (nSPS) is 10.5. The molecule has 0 saturated heterocycles. The van der Waals surface area contributed by atoms with Crippen LogP contribution in [0.1, 0.15) is 12.6 Å². The first-order valence-electron chi connectivity index (χ1n) is 6.97. The lowest BCUT2D eigenvalue weighted by Gasteiger charge is -2.09. The molecule has 7 heteroatoms. The van der Waals surface area contributed by atoms with Gasteiger partial charge in [0.1, 0.15) is 5.75 Å². The minimum absolute atomic E-state index is 0.132. The number of nitrogens with one attached hydrogen (secondary N) is 2.